The maximum absolute atomic E-state index is 5.80. The fourth-order valence-corrected chi connectivity index (χ4v) is 2.10. The third kappa shape index (κ3) is 4.13. The highest BCUT2D eigenvalue weighted by molar-refractivity contribution is 5.38. The van der Waals surface area contributed by atoms with Crippen LogP contribution in [0.4, 0.5) is 0 Å². The van der Waals surface area contributed by atoms with Crippen molar-refractivity contribution < 1.29 is 14.2 Å². The molecule has 2 aromatic rings. The second-order valence-electron chi connectivity index (χ2n) is 4.65. The van der Waals surface area contributed by atoms with Gasteiger partial charge in [0.15, 0.2) is 0 Å². The van der Waals surface area contributed by atoms with E-state index < -0.39 is 0 Å². The Balaban J connectivity index is 2.08. The predicted octanol–water partition coefficient (Wildman–Crippen LogP) is 2.78. The molecule has 0 aliphatic heterocycles. The zero-order valence-corrected chi connectivity index (χ0v) is 12.5. The summed E-state index contributed by atoms with van der Waals surface area (Å²) in [5, 5.41) is 0. The lowest BCUT2D eigenvalue weighted by atomic mass is 10.1. The standard InChI is InChI=1S/C17H21NO3/c1-19-15-4-6-16(7-5-15)21-12-14-11-13(9-10-18)3-8-17(14)20-2/h3-8,11H,9-10,12,18H2,1-2H3. The van der Waals surface area contributed by atoms with Crippen LogP contribution in [0.1, 0.15) is 11.1 Å². The molecule has 0 atom stereocenters. The van der Waals surface area contributed by atoms with Gasteiger partial charge >= 0.3 is 0 Å². The minimum absolute atomic E-state index is 0.452. The summed E-state index contributed by atoms with van der Waals surface area (Å²) in [5.41, 5.74) is 7.80. The molecule has 0 unspecified atom stereocenters. The Morgan fingerprint density at radius 1 is 0.905 bits per heavy atom. The van der Waals surface area contributed by atoms with Crippen LogP contribution in [-0.4, -0.2) is 20.8 Å². The lowest BCUT2D eigenvalue weighted by Gasteiger charge is -2.12. The van der Waals surface area contributed by atoms with Gasteiger partial charge in [0.05, 0.1) is 14.2 Å². The predicted molar refractivity (Wildman–Crippen MR) is 83.1 cm³/mol. The molecule has 0 aromatic heterocycles. The minimum Gasteiger partial charge on any atom is -0.497 e. The topological polar surface area (TPSA) is 53.7 Å². The molecular formula is C17H21NO3. The Morgan fingerprint density at radius 2 is 1.62 bits per heavy atom. The second-order valence-corrected chi connectivity index (χ2v) is 4.65. The van der Waals surface area contributed by atoms with Crippen molar-refractivity contribution in [3.8, 4) is 17.2 Å². The molecule has 2 rings (SSSR count). The Hall–Kier alpha value is -2.20. The summed E-state index contributed by atoms with van der Waals surface area (Å²) in [7, 11) is 3.30. The average Bonchev–Trinajstić information content (AvgIpc) is 2.54. The molecule has 2 aromatic carbocycles. The van der Waals surface area contributed by atoms with E-state index in [4.69, 9.17) is 19.9 Å². The van der Waals surface area contributed by atoms with Gasteiger partial charge in [-0.25, -0.2) is 0 Å². The van der Waals surface area contributed by atoms with Crippen molar-refractivity contribution in [2.45, 2.75) is 13.0 Å². The van der Waals surface area contributed by atoms with Gasteiger partial charge in [-0.05, 0) is 54.9 Å². The second kappa shape index (κ2) is 7.55. The van der Waals surface area contributed by atoms with Crippen molar-refractivity contribution in [1.29, 1.82) is 0 Å². The molecule has 21 heavy (non-hydrogen) atoms. The molecule has 0 bridgehead atoms. The van der Waals surface area contributed by atoms with Gasteiger partial charge < -0.3 is 19.9 Å². The van der Waals surface area contributed by atoms with Crippen LogP contribution in [0.2, 0.25) is 0 Å². The molecule has 4 nitrogen and oxygen atoms in total. The zero-order valence-electron chi connectivity index (χ0n) is 12.5. The lowest BCUT2D eigenvalue weighted by Crippen LogP contribution is -2.05. The molecular weight excluding hydrogens is 266 g/mol. The maximum atomic E-state index is 5.80. The summed E-state index contributed by atoms with van der Waals surface area (Å²) in [6, 6.07) is 13.6. The molecule has 0 aliphatic carbocycles. The van der Waals surface area contributed by atoms with Crippen LogP contribution in [0.3, 0.4) is 0 Å². The van der Waals surface area contributed by atoms with Crippen molar-refractivity contribution in [3.63, 3.8) is 0 Å². The van der Waals surface area contributed by atoms with Gasteiger partial charge in [-0.3, -0.25) is 0 Å². The number of benzene rings is 2. The number of nitrogens with two attached hydrogens (primary N) is 1. The summed E-state index contributed by atoms with van der Waals surface area (Å²) in [5.74, 6) is 2.43. The molecule has 0 aliphatic rings. The number of ether oxygens (including phenoxy) is 3. The molecule has 0 heterocycles. The van der Waals surface area contributed by atoms with Crippen LogP contribution in [0.15, 0.2) is 42.5 Å². The SMILES string of the molecule is COc1ccc(OCc2cc(CCN)ccc2OC)cc1. The summed E-state index contributed by atoms with van der Waals surface area (Å²) >= 11 is 0. The van der Waals surface area contributed by atoms with Crippen LogP contribution in [0.5, 0.6) is 17.2 Å². The van der Waals surface area contributed by atoms with Crippen molar-refractivity contribution in [3.05, 3.63) is 53.6 Å². The van der Waals surface area contributed by atoms with Gasteiger partial charge in [0.1, 0.15) is 23.9 Å². The van der Waals surface area contributed by atoms with E-state index in [-0.39, 0.29) is 0 Å². The highest BCUT2D eigenvalue weighted by Gasteiger charge is 2.06. The molecule has 0 fully saturated rings. The van der Waals surface area contributed by atoms with E-state index in [2.05, 4.69) is 6.07 Å². The van der Waals surface area contributed by atoms with E-state index in [1.807, 2.05) is 36.4 Å². The highest BCUT2D eigenvalue weighted by Crippen LogP contribution is 2.23. The zero-order chi connectivity index (χ0) is 15.1. The third-order valence-corrected chi connectivity index (χ3v) is 3.23. The Kier molecular flexibility index (Phi) is 5.46. The van der Waals surface area contributed by atoms with Crippen molar-refractivity contribution >= 4 is 0 Å². The molecule has 0 radical (unpaired) electrons. The van der Waals surface area contributed by atoms with Crippen LogP contribution < -0.4 is 19.9 Å². The Morgan fingerprint density at radius 3 is 2.24 bits per heavy atom. The number of hydrogen-bond acceptors (Lipinski definition) is 4. The summed E-state index contributed by atoms with van der Waals surface area (Å²) in [6.07, 6.45) is 0.847. The van der Waals surface area contributed by atoms with Gasteiger partial charge in [0.2, 0.25) is 0 Å². The quantitative estimate of drug-likeness (QED) is 0.851. The highest BCUT2D eigenvalue weighted by atomic mass is 16.5. The van der Waals surface area contributed by atoms with E-state index in [0.717, 1.165) is 29.2 Å². The van der Waals surface area contributed by atoms with Gasteiger partial charge in [-0.15, -0.1) is 0 Å². The third-order valence-electron chi connectivity index (χ3n) is 3.23. The first-order valence-electron chi connectivity index (χ1n) is 6.89. The van der Waals surface area contributed by atoms with Gasteiger partial charge in [0, 0.05) is 5.56 Å². The number of methoxy groups -OCH3 is 2. The van der Waals surface area contributed by atoms with Crippen LogP contribution >= 0.6 is 0 Å². The normalized spacial score (nSPS) is 10.2. The van der Waals surface area contributed by atoms with Crippen molar-refractivity contribution in [1.82, 2.24) is 0 Å². The minimum atomic E-state index is 0.452. The first kappa shape index (κ1) is 15.2. The van der Waals surface area contributed by atoms with E-state index in [1.165, 1.54) is 5.56 Å². The molecule has 112 valence electrons. The Labute approximate surface area is 125 Å². The Bertz CT molecular complexity index is 567. The van der Waals surface area contributed by atoms with Crippen molar-refractivity contribution in [2.24, 2.45) is 5.73 Å². The smallest absolute Gasteiger partial charge is 0.125 e. The van der Waals surface area contributed by atoms with Gasteiger partial charge in [0.25, 0.3) is 0 Å². The van der Waals surface area contributed by atoms with Crippen molar-refractivity contribution in [2.75, 3.05) is 20.8 Å². The lowest BCUT2D eigenvalue weighted by molar-refractivity contribution is 0.296. The molecule has 0 spiro atoms. The number of hydrogen-bond donors (Lipinski definition) is 1. The van der Waals surface area contributed by atoms with E-state index >= 15 is 0 Å². The van der Waals surface area contributed by atoms with Crippen LogP contribution in [0.25, 0.3) is 0 Å². The van der Waals surface area contributed by atoms with E-state index in [0.29, 0.717) is 13.2 Å². The van der Waals surface area contributed by atoms with E-state index in [1.54, 1.807) is 14.2 Å². The van der Waals surface area contributed by atoms with E-state index in [9.17, 15) is 0 Å². The molecule has 4 heteroatoms. The molecule has 0 saturated heterocycles. The molecule has 2 N–H and O–H groups in total. The molecule has 0 amide bonds. The largest absolute Gasteiger partial charge is 0.497 e. The van der Waals surface area contributed by atoms with Gasteiger partial charge in [-0.2, -0.15) is 0 Å². The number of rotatable bonds is 7. The monoisotopic (exact) mass is 287 g/mol. The summed E-state index contributed by atoms with van der Waals surface area (Å²) in [6.45, 7) is 1.08. The fourth-order valence-electron chi connectivity index (χ4n) is 2.10. The first-order valence-corrected chi connectivity index (χ1v) is 6.89. The van der Waals surface area contributed by atoms with Gasteiger partial charge in [-0.1, -0.05) is 6.07 Å². The summed E-state index contributed by atoms with van der Waals surface area (Å²) < 4.78 is 16.3. The fraction of sp³-hybridized carbons (Fsp3) is 0.294. The molecule has 0 saturated carbocycles. The first-order chi connectivity index (χ1) is 10.3. The average molecular weight is 287 g/mol. The van der Waals surface area contributed by atoms with Crippen LogP contribution in [-0.2, 0) is 13.0 Å². The van der Waals surface area contributed by atoms with Crippen LogP contribution in [0, 0.1) is 0 Å². The summed E-state index contributed by atoms with van der Waals surface area (Å²) in [4.78, 5) is 0. The maximum Gasteiger partial charge on any atom is 0.125 e.